The molecule has 0 aliphatic rings. The standard InChI is InChI=1S/C47H35N5/c1-5-11-30(3)39-27-45(50-42(6-2)31(39)4)34-24-35(46-28-40(32-16-20-48-21-17-32)37-12-7-9-14-43(37)51-46)26-36(25-34)47-29-41(33-18-22-49-23-19-33)38-13-8-10-15-44(38)52-47/h5-29H,2-3H2,1,4H3. The number of para-hydroxylation sites is 2. The highest BCUT2D eigenvalue weighted by atomic mass is 14.7. The van der Waals surface area contributed by atoms with Crippen LogP contribution in [0.25, 0.3) is 89.5 Å². The fourth-order valence-corrected chi connectivity index (χ4v) is 6.86. The van der Waals surface area contributed by atoms with Crippen LogP contribution in [0.3, 0.4) is 0 Å². The van der Waals surface area contributed by atoms with Crippen LogP contribution in [0.2, 0.25) is 0 Å². The van der Waals surface area contributed by atoms with Gasteiger partial charge in [-0.1, -0.05) is 61.7 Å². The molecule has 0 unspecified atom stereocenters. The lowest BCUT2D eigenvalue weighted by Gasteiger charge is -2.16. The molecule has 5 nitrogen and oxygen atoms in total. The minimum Gasteiger partial charge on any atom is -0.265 e. The molecule has 5 aromatic heterocycles. The topological polar surface area (TPSA) is 64.5 Å². The maximum atomic E-state index is 5.23. The lowest BCUT2D eigenvalue weighted by atomic mass is 9.93. The van der Waals surface area contributed by atoms with Gasteiger partial charge in [0.2, 0.25) is 0 Å². The number of fused-ring (bicyclic) bond motifs is 2. The third kappa shape index (κ3) is 6.10. The fourth-order valence-electron chi connectivity index (χ4n) is 6.86. The number of aromatic nitrogens is 5. The average Bonchev–Trinajstić information content (AvgIpc) is 3.20. The zero-order valence-corrected chi connectivity index (χ0v) is 29.1. The molecule has 0 saturated heterocycles. The maximum absolute atomic E-state index is 5.23. The smallest absolute Gasteiger partial charge is 0.0716 e. The van der Waals surface area contributed by atoms with Gasteiger partial charge in [-0.15, -0.1) is 0 Å². The molecule has 0 amide bonds. The second-order valence-corrected chi connectivity index (χ2v) is 12.7. The van der Waals surface area contributed by atoms with Gasteiger partial charge in [-0.3, -0.25) is 9.97 Å². The molecule has 0 fully saturated rings. The highest BCUT2D eigenvalue weighted by molar-refractivity contribution is 5.99. The Hall–Kier alpha value is -6.85. The van der Waals surface area contributed by atoms with Crippen LogP contribution in [0.1, 0.15) is 23.7 Å². The maximum Gasteiger partial charge on any atom is 0.0716 e. The van der Waals surface area contributed by atoms with E-state index in [-0.39, 0.29) is 0 Å². The molecule has 0 spiro atoms. The number of hydrogen-bond acceptors (Lipinski definition) is 5. The predicted octanol–water partition coefficient (Wildman–Crippen LogP) is 11.8. The minimum absolute atomic E-state index is 0.814. The molecule has 248 valence electrons. The summed E-state index contributed by atoms with van der Waals surface area (Å²) in [6, 6.07) is 37.7. The van der Waals surface area contributed by atoms with Crippen LogP contribution < -0.4 is 0 Å². The SMILES string of the molecule is C=Cc1nc(-c2cc(-c3cc(-c4ccncc4)c4ccccc4n3)cc(-c3cc(-c4ccncc4)c4ccccc4n3)c2)cc(C(=C)C=CC)c1C. The van der Waals surface area contributed by atoms with E-state index >= 15 is 0 Å². The monoisotopic (exact) mass is 669 g/mol. The van der Waals surface area contributed by atoms with E-state index in [1.165, 1.54) is 0 Å². The first-order valence-corrected chi connectivity index (χ1v) is 17.2. The van der Waals surface area contributed by atoms with Gasteiger partial charge >= 0.3 is 0 Å². The molecular formula is C47H35N5. The Morgan fingerprint density at radius 3 is 1.48 bits per heavy atom. The lowest BCUT2D eigenvalue weighted by molar-refractivity contribution is 1.22. The average molecular weight is 670 g/mol. The van der Waals surface area contributed by atoms with Gasteiger partial charge in [-0.05, 0) is 132 Å². The number of pyridine rings is 5. The van der Waals surface area contributed by atoms with Crippen LogP contribution in [0.4, 0.5) is 0 Å². The third-order valence-electron chi connectivity index (χ3n) is 9.45. The Bertz CT molecular complexity index is 2540. The Balaban J connectivity index is 1.42. The molecule has 0 aliphatic carbocycles. The van der Waals surface area contributed by atoms with Gasteiger partial charge in [0.05, 0.1) is 33.8 Å². The van der Waals surface area contributed by atoms with E-state index in [9.17, 15) is 0 Å². The Morgan fingerprint density at radius 1 is 0.558 bits per heavy atom. The van der Waals surface area contributed by atoms with Crippen LogP contribution in [-0.4, -0.2) is 24.9 Å². The van der Waals surface area contributed by atoms with Gasteiger partial charge in [0.25, 0.3) is 0 Å². The van der Waals surface area contributed by atoms with Crippen molar-refractivity contribution in [2.45, 2.75) is 13.8 Å². The number of nitrogens with zero attached hydrogens (tertiary/aromatic N) is 5. The highest BCUT2D eigenvalue weighted by Gasteiger charge is 2.17. The Kier molecular flexibility index (Phi) is 8.59. The summed E-state index contributed by atoms with van der Waals surface area (Å²) in [5, 5.41) is 2.16. The van der Waals surface area contributed by atoms with Gasteiger partial charge in [-0.2, -0.15) is 0 Å². The van der Waals surface area contributed by atoms with Crippen molar-refractivity contribution in [3.8, 4) is 56.0 Å². The van der Waals surface area contributed by atoms with E-state index in [2.05, 4.69) is 103 Å². The van der Waals surface area contributed by atoms with Gasteiger partial charge in [-0.25, -0.2) is 15.0 Å². The normalized spacial score (nSPS) is 11.3. The molecule has 3 aromatic carbocycles. The number of allylic oxidation sites excluding steroid dienone is 3. The molecular weight excluding hydrogens is 635 g/mol. The Morgan fingerprint density at radius 2 is 1.02 bits per heavy atom. The van der Waals surface area contributed by atoms with Crippen molar-refractivity contribution in [1.82, 2.24) is 24.9 Å². The third-order valence-corrected chi connectivity index (χ3v) is 9.45. The first kappa shape index (κ1) is 32.4. The van der Waals surface area contributed by atoms with E-state index in [1.807, 2.05) is 86.3 Å². The molecule has 0 saturated carbocycles. The van der Waals surface area contributed by atoms with Gasteiger partial charge in [0, 0.05) is 52.3 Å². The van der Waals surface area contributed by atoms with Crippen LogP contribution in [0.15, 0.2) is 159 Å². The van der Waals surface area contributed by atoms with Gasteiger partial charge < -0.3 is 0 Å². The van der Waals surface area contributed by atoms with Crippen molar-refractivity contribution in [2.75, 3.05) is 0 Å². The van der Waals surface area contributed by atoms with Crippen molar-refractivity contribution < 1.29 is 0 Å². The molecule has 52 heavy (non-hydrogen) atoms. The lowest BCUT2D eigenvalue weighted by Crippen LogP contribution is -1.98. The second kappa shape index (κ2) is 13.8. The Labute approximate surface area is 303 Å². The summed E-state index contributed by atoms with van der Waals surface area (Å²) < 4.78 is 0. The minimum atomic E-state index is 0.814. The number of hydrogen-bond donors (Lipinski definition) is 0. The molecule has 8 aromatic rings. The molecule has 5 heteroatoms. The van der Waals surface area contributed by atoms with E-state index in [1.54, 1.807) is 0 Å². The molecule has 0 N–H and O–H groups in total. The summed E-state index contributed by atoms with van der Waals surface area (Å²) in [4.78, 5) is 24.1. The molecule has 0 bridgehead atoms. The van der Waals surface area contributed by atoms with Crippen molar-refractivity contribution in [3.63, 3.8) is 0 Å². The van der Waals surface area contributed by atoms with Crippen LogP contribution in [-0.2, 0) is 0 Å². The molecule has 0 aliphatic heterocycles. The quantitative estimate of drug-likeness (QED) is 0.151. The number of benzene rings is 3. The van der Waals surface area contributed by atoms with Crippen molar-refractivity contribution >= 4 is 33.5 Å². The molecule has 0 atom stereocenters. The molecule has 5 heterocycles. The van der Waals surface area contributed by atoms with Crippen LogP contribution in [0, 0.1) is 6.92 Å². The zero-order chi connectivity index (χ0) is 35.6. The summed E-state index contributed by atoms with van der Waals surface area (Å²) >= 11 is 0. The van der Waals surface area contributed by atoms with E-state index in [0.29, 0.717) is 0 Å². The summed E-state index contributed by atoms with van der Waals surface area (Å²) in [6.45, 7) is 12.5. The van der Waals surface area contributed by atoms with E-state index < -0.39 is 0 Å². The largest absolute Gasteiger partial charge is 0.265 e. The highest BCUT2D eigenvalue weighted by Crippen LogP contribution is 2.38. The van der Waals surface area contributed by atoms with Crippen molar-refractivity contribution in [3.05, 3.63) is 176 Å². The number of rotatable bonds is 8. The van der Waals surface area contributed by atoms with E-state index in [0.717, 1.165) is 100 Å². The van der Waals surface area contributed by atoms with E-state index in [4.69, 9.17) is 15.0 Å². The fraction of sp³-hybridized carbons (Fsp3) is 0.0426. The van der Waals surface area contributed by atoms with Gasteiger partial charge in [0.15, 0.2) is 0 Å². The predicted molar refractivity (Wildman–Crippen MR) is 216 cm³/mol. The second-order valence-electron chi connectivity index (χ2n) is 12.7. The zero-order valence-electron chi connectivity index (χ0n) is 29.1. The summed E-state index contributed by atoms with van der Waals surface area (Å²) in [6.07, 6.45) is 13.2. The molecule has 8 rings (SSSR count). The van der Waals surface area contributed by atoms with Crippen LogP contribution >= 0.6 is 0 Å². The summed E-state index contributed by atoms with van der Waals surface area (Å²) in [7, 11) is 0. The summed E-state index contributed by atoms with van der Waals surface area (Å²) in [5.41, 5.74) is 15.3. The van der Waals surface area contributed by atoms with Gasteiger partial charge in [0.1, 0.15) is 0 Å². The molecule has 0 radical (unpaired) electrons. The van der Waals surface area contributed by atoms with Crippen LogP contribution in [0.5, 0.6) is 0 Å². The first-order chi connectivity index (χ1) is 25.5. The first-order valence-electron chi connectivity index (χ1n) is 17.2. The summed E-state index contributed by atoms with van der Waals surface area (Å²) in [5.74, 6) is 0. The van der Waals surface area contributed by atoms with Crippen molar-refractivity contribution in [1.29, 1.82) is 0 Å². The van der Waals surface area contributed by atoms with Crippen molar-refractivity contribution in [2.24, 2.45) is 0 Å².